The molecule has 6 heteroatoms. The number of para-hydroxylation sites is 1. The molecule has 0 aromatic heterocycles. The number of hydrogen-bond donors (Lipinski definition) is 2. The number of nitrogens with one attached hydrogen (secondary N) is 2. The number of benzene rings is 2. The van der Waals surface area contributed by atoms with Crippen molar-refractivity contribution in [2.75, 3.05) is 10.6 Å². The Hall–Kier alpha value is -2.04. The molecule has 0 saturated heterocycles. The fourth-order valence-electron chi connectivity index (χ4n) is 2.87. The van der Waals surface area contributed by atoms with E-state index in [-0.39, 0.29) is 17.7 Å². The van der Waals surface area contributed by atoms with Crippen molar-refractivity contribution >= 4 is 46.4 Å². The Labute approximate surface area is 162 Å². The van der Waals surface area contributed by atoms with Gasteiger partial charge in [0.15, 0.2) is 0 Å². The average Bonchev–Trinajstić information content (AvgIpc) is 3.40. The molecule has 3 rings (SSSR count). The fraction of sp³-hybridized carbons (Fsp3) is 0.300. The number of carbonyl (C=O) groups is 2. The predicted octanol–water partition coefficient (Wildman–Crippen LogP) is 5.47. The molecular formula is C20H20Cl2N2O2. The highest BCUT2D eigenvalue weighted by atomic mass is 35.5. The quantitative estimate of drug-likeness (QED) is 0.664. The zero-order chi connectivity index (χ0) is 18.9. The lowest BCUT2D eigenvalue weighted by Crippen LogP contribution is -2.36. The molecule has 0 spiro atoms. The molecule has 136 valence electrons. The van der Waals surface area contributed by atoms with Crippen molar-refractivity contribution in [2.45, 2.75) is 32.6 Å². The van der Waals surface area contributed by atoms with E-state index in [1.165, 1.54) is 0 Å². The lowest BCUT2D eigenvalue weighted by Gasteiger charge is -2.18. The van der Waals surface area contributed by atoms with E-state index >= 15 is 0 Å². The molecule has 2 amide bonds. The van der Waals surface area contributed by atoms with Crippen LogP contribution < -0.4 is 10.6 Å². The summed E-state index contributed by atoms with van der Waals surface area (Å²) in [5, 5.41) is 6.51. The molecule has 0 unspecified atom stereocenters. The van der Waals surface area contributed by atoms with E-state index in [4.69, 9.17) is 23.2 Å². The molecule has 1 aliphatic rings. The number of halogens is 2. The van der Waals surface area contributed by atoms with Gasteiger partial charge >= 0.3 is 0 Å². The largest absolute Gasteiger partial charge is 0.325 e. The van der Waals surface area contributed by atoms with Crippen LogP contribution in [0.3, 0.4) is 0 Å². The Kier molecular flexibility index (Phi) is 5.26. The van der Waals surface area contributed by atoms with E-state index in [1.807, 2.05) is 24.3 Å². The Bertz CT molecular complexity index is 861. The number of anilines is 2. The first-order valence-corrected chi connectivity index (χ1v) is 9.26. The Morgan fingerprint density at radius 2 is 1.58 bits per heavy atom. The monoisotopic (exact) mass is 390 g/mol. The second-order valence-corrected chi connectivity index (χ2v) is 7.70. The van der Waals surface area contributed by atoms with Crippen molar-refractivity contribution in [1.82, 2.24) is 0 Å². The third-order valence-corrected chi connectivity index (χ3v) is 5.19. The summed E-state index contributed by atoms with van der Waals surface area (Å²) in [6.07, 6.45) is 1.01. The molecular weight excluding hydrogens is 371 g/mol. The van der Waals surface area contributed by atoms with Crippen molar-refractivity contribution in [3.63, 3.8) is 0 Å². The predicted molar refractivity (Wildman–Crippen MR) is 106 cm³/mol. The van der Waals surface area contributed by atoms with E-state index in [1.54, 1.807) is 18.2 Å². The van der Waals surface area contributed by atoms with Gasteiger partial charge in [0, 0.05) is 10.7 Å². The minimum atomic E-state index is -1.06. The number of rotatable bonds is 5. The van der Waals surface area contributed by atoms with Crippen LogP contribution in [0.2, 0.25) is 10.0 Å². The van der Waals surface area contributed by atoms with Gasteiger partial charge in [0.2, 0.25) is 11.8 Å². The third kappa shape index (κ3) is 3.71. The summed E-state index contributed by atoms with van der Waals surface area (Å²) < 4.78 is 0. The van der Waals surface area contributed by atoms with Crippen LogP contribution in [0.1, 0.15) is 38.2 Å². The lowest BCUT2D eigenvalue weighted by atomic mass is 9.99. The van der Waals surface area contributed by atoms with Gasteiger partial charge in [-0.05, 0) is 48.6 Å². The highest BCUT2D eigenvalue weighted by molar-refractivity contribution is 6.36. The Morgan fingerprint density at radius 3 is 2.19 bits per heavy atom. The van der Waals surface area contributed by atoms with E-state index < -0.39 is 5.41 Å². The summed E-state index contributed by atoms with van der Waals surface area (Å²) in [6.45, 7) is 4.12. The first-order chi connectivity index (χ1) is 12.3. The van der Waals surface area contributed by atoms with Gasteiger partial charge in [-0.3, -0.25) is 9.59 Å². The number of hydrogen-bond acceptors (Lipinski definition) is 2. The molecule has 0 radical (unpaired) electrons. The first-order valence-electron chi connectivity index (χ1n) is 8.50. The van der Waals surface area contributed by atoms with Gasteiger partial charge in [0.25, 0.3) is 0 Å². The molecule has 0 heterocycles. The van der Waals surface area contributed by atoms with E-state index in [2.05, 4.69) is 24.5 Å². The van der Waals surface area contributed by atoms with Gasteiger partial charge in [-0.25, -0.2) is 0 Å². The molecule has 0 atom stereocenters. The second kappa shape index (κ2) is 7.29. The Balaban J connectivity index is 1.77. The van der Waals surface area contributed by atoms with Crippen molar-refractivity contribution in [1.29, 1.82) is 0 Å². The van der Waals surface area contributed by atoms with Crippen LogP contribution in [-0.2, 0) is 9.59 Å². The maximum Gasteiger partial charge on any atom is 0.240 e. The maximum absolute atomic E-state index is 12.8. The fourth-order valence-corrected chi connectivity index (χ4v) is 3.21. The van der Waals surface area contributed by atoms with Gasteiger partial charge in [-0.1, -0.05) is 55.2 Å². The van der Waals surface area contributed by atoms with Crippen LogP contribution in [-0.4, -0.2) is 11.8 Å². The van der Waals surface area contributed by atoms with Gasteiger partial charge in [-0.2, -0.15) is 0 Å². The maximum atomic E-state index is 12.8. The highest BCUT2D eigenvalue weighted by Gasteiger charge is 2.56. The van der Waals surface area contributed by atoms with E-state index in [9.17, 15) is 9.59 Å². The van der Waals surface area contributed by atoms with Gasteiger partial charge in [0.05, 0.1) is 10.7 Å². The van der Waals surface area contributed by atoms with E-state index in [0.717, 1.165) is 11.3 Å². The minimum Gasteiger partial charge on any atom is -0.325 e. The zero-order valence-corrected chi connectivity index (χ0v) is 16.1. The molecule has 2 aromatic carbocycles. The van der Waals surface area contributed by atoms with Crippen molar-refractivity contribution in [2.24, 2.45) is 5.41 Å². The highest BCUT2D eigenvalue weighted by Crippen LogP contribution is 2.48. The topological polar surface area (TPSA) is 58.2 Å². The van der Waals surface area contributed by atoms with Gasteiger partial charge < -0.3 is 10.6 Å². The van der Waals surface area contributed by atoms with Crippen LogP contribution in [0.5, 0.6) is 0 Å². The first kappa shape index (κ1) is 18.7. The van der Waals surface area contributed by atoms with Crippen molar-refractivity contribution < 1.29 is 9.59 Å². The average molecular weight is 391 g/mol. The summed E-state index contributed by atoms with van der Waals surface area (Å²) in [4.78, 5) is 25.6. The van der Waals surface area contributed by atoms with Crippen LogP contribution in [0, 0.1) is 5.41 Å². The smallest absolute Gasteiger partial charge is 0.240 e. The van der Waals surface area contributed by atoms with Gasteiger partial charge in [0.1, 0.15) is 5.41 Å². The summed E-state index contributed by atoms with van der Waals surface area (Å²) in [7, 11) is 0. The minimum absolute atomic E-state index is 0.265. The molecule has 1 fully saturated rings. The Morgan fingerprint density at radius 1 is 0.962 bits per heavy atom. The van der Waals surface area contributed by atoms with Crippen molar-refractivity contribution in [3.05, 3.63) is 58.1 Å². The summed E-state index contributed by atoms with van der Waals surface area (Å²) in [5.74, 6) is -0.386. The summed E-state index contributed by atoms with van der Waals surface area (Å²) in [5.41, 5.74) is 1.13. The SMILES string of the molecule is CC(C)c1ccccc1NC(=O)C1(C(=O)Nc2cc(Cl)ccc2Cl)CC1. The van der Waals surface area contributed by atoms with Crippen molar-refractivity contribution in [3.8, 4) is 0 Å². The number of amides is 2. The normalized spacial score (nSPS) is 14.8. The molecule has 0 bridgehead atoms. The molecule has 1 aliphatic carbocycles. The van der Waals surface area contributed by atoms with Crippen LogP contribution in [0.15, 0.2) is 42.5 Å². The third-order valence-electron chi connectivity index (χ3n) is 4.63. The van der Waals surface area contributed by atoms with Gasteiger partial charge in [-0.15, -0.1) is 0 Å². The summed E-state index contributed by atoms with van der Waals surface area (Å²) in [6, 6.07) is 12.5. The van der Waals surface area contributed by atoms with Crippen LogP contribution in [0.4, 0.5) is 11.4 Å². The standard InChI is InChI=1S/C20H20Cl2N2O2/c1-12(2)14-5-3-4-6-16(14)23-18(25)20(9-10-20)19(26)24-17-11-13(21)7-8-15(17)22/h3-8,11-12H,9-10H2,1-2H3,(H,23,25)(H,24,26). The molecule has 1 saturated carbocycles. The number of carbonyl (C=O) groups excluding carboxylic acids is 2. The lowest BCUT2D eigenvalue weighted by molar-refractivity contribution is -0.131. The molecule has 2 N–H and O–H groups in total. The molecule has 2 aromatic rings. The second-order valence-electron chi connectivity index (χ2n) is 6.86. The summed E-state index contributed by atoms with van der Waals surface area (Å²) >= 11 is 12.1. The van der Waals surface area contributed by atoms with Crippen LogP contribution >= 0.6 is 23.2 Å². The zero-order valence-electron chi connectivity index (χ0n) is 14.6. The molecule has 26 heavy (non-hydrogen) atoms. The van der Waals surface area contributed by atoms with Crippen LogP contribution in [0.25, 0.3) is 0 Å². The molecule has 4 nitrogen and oxygen atoms in total. The molecule has 0 aliphatic heterocycles. The van der Waals surface area contributed by atoms with E-state index in [0.29, 0.717) is 28.6 Å².